The summed E-state index contributed by atoms with van der Waals surface area (Å²) >= 11 is 2.92. The molecule has 0 unspecified atom stereocenters. The Balaban J connectivity index is 4.45. The number of ketones is 1. The van der Waals surface area contributed by atoms with Gasteiger partial charge in [0.15, 0.2) is 11.8 Å². The summed E-state index contributed by atoms with van der Waals surface area (Å²) in [6.07, 6.45) is 0. The first-order chi connectivity index (χ1) is 6.52. The number of rotatable bonds is 5. The van der Waals surface area contributed by atoms with E-state index in [0.29, 0.717) is 0 Å². The van der Waals surface area contributed by atoms with Crippen LogP contribution < -0.4 is 5.32 Å². The van der Waals surface area contributed by atoms with Gasteiger partial charge in [-0.15, -0.1) is 0 Å². The van der Waals surface area contributed by atoms with E-state index >= 15 is 0 Å². The number of nitrogens with one attached hydrogen (secondary N) is 1. The van der Waals surface area contributed by atoms with Crippen LogP contribution in [0.2, 0.25) is 0 Å². The Morgan fingerprint density at radius 1 is 1.43 bits per heavy atom. The molecule has 0 aromatic carbocycles. The highest BCUT2D eigenvalue weighted by Crippen LogP contribution is 1.95. The van der Waals surface area contributed by atoms with Crippen LogP contribution in [0.3, 0.4) is 0 Å². The molecule has 1 N–H and O–H groups in total. The minimum atomic E-state index is -1.20. The van der Waals surface area contributed by atoms with Crippen LogP contribution in [0.15, 0.2) is 0 Å². The standard InChI is InChI=1S/C8H12BrNO4/c1-3-14-8(13)7(6(12)4-9)10-5(2)11/h7H,3-4H2,1-2H3,(H,10,11)/t7-/m0/s1. The van der Waals surface area contributed by atoms with Gasteiger partial charge >= 0.3 is 5.97 Å². The number of Topliss-reactive ketones (excluding diaryl/α,β-unsaturated/α-hetero) is 1. The number of amides is 1. The van der Waals surface area contributed by atoms with E-state index in [0.717, 1.165) is 0 Å². The molecule has 1 atom stereocenters. The Morgan fingerprint density at radius 2 is 2.00 bits per heavy atom. The fourth-order valence-corrected chi connectivity index (χ4v) is 1.10. The molecule has 14 heavy (non-hydrogen) atoms. The molecule has 0 aromatic heterocycles. The zero-order valence-electron chi connectivity index (χ0n) is 8.00. The second-order valence-corrected chi connectivity index (χ2v) is 3.05. The van der Waals surface area contributed by atoms with Crippen molar-refractivity contribution >= 4 is 33.6 Å². The van der Waals surface area contributed by atoms with E-state index in [1.165, 1.54) is 6.92 Å². The maximum absolute atomic E-state index is 11.2. The van der Waals surface area contributed by atoms with E-state index in [1.807, 2.05) is 0 Å². The highest BCUT2D eigenvalue weighted by Gasteiger charge is 2.27. The Kier molecular flexibility index (Phi) is 6.11. The minimum Gasteiger partial charge on any atom is -0.464 e. The van der Waals surface area contributed by atoms with Crippen LogP contribution in [0.4, 0.5) is 0 Å². The topological polar surface area (TPSA) is 72.5 Å². The van der Waals surface area contributed by atoms with Crippen molar-refractivity contribution in [2.45, 2.75) is 19.9 Å². The molecule has 80 valence electrons. The molecule has 0 saturated carbocycles. The van der Waals surface area contributed by atoms with Gasteiger partial charge < -0.3 is 10.1 Å². The zero-order chi connectivity index (χ0) is 11.1. The molecule has 0 fully saturated rings. The van der Waals surface area contributed by atoms with Crippen LogP contribution >= 0.6 is 15.9 Å². The number of carbonyl (C=O) groups excluding carboxylic acids is 3. The second kappa shape index (κ2) is 6.53. The molecule has 0 radical (unpaired) electrons. The van der Waals surface area contributed by atoms with E-state index in [9.17, 15) is 14.4 Å². The molecule has 0 aliphatic carbocycles. The number of halogens is 1. The number of esters is 1. The summed E-state index contributed by atoms with van der Waals surface area (Å²) < 4.78 is 4.63. The maximum atomic E-state index is 11.2. The Morgan fingerprint density at radius 3 is 2.36 bits per heavy atom. The van der Waals surface area contributed by atoms with Crippen LogP contribution in [-0.2, 0) is 19.1 Å². The van der Waals surface area contributed by atoms with Gasteiger partial charge in [-0.05, 0) is 6.92 Å². The van der Waals surface area contributed by atoms with E-state index < -0.39 is 23.7 Å². The normalized spacial score (nSPS) is 11.6. The smallest absolute Gasteiger partial charge is 0.336 e. The average molecular weight is 266 g/mol. The third-order valence-electron chi connectivity index (χ3n) is 1.32. The van der Waals surface area contributed by atoms with Gasteiger partial charge in [0.05, 0.1) is 11.9 Å². The zero-order valence-corrected chi connectivity index (χ0v) is 9.59. The highest BCUT2D eigenvalue weighted by atomic mass is 79.9. The molecule has 6 heteroatoms. The minimum absolute atomic E-state index is 0.00321. The summed E-state index contributed by atoms with van der Waals surface area (Å²) in [6.45, 7) is 3.03. The van der Waals surface area contributed by atoms with Crippen molar-refractivity contribution in [1.82, 2.24) is 5.32 Å². The van der Waals surface area contributed by atoms with Crippen LogP contribution in [0.25, 0.3) is 0 Å². The molecule has 0 aliphatic rings. The van der Waals surface area contributed by atoms with Gasteiger partial charge in [-0.25, -0.2) is 4.79 Å². The fraction of sp³-hybridized carbons (Fsp3) is 0.625. The van der Waals surface area contributed by atoms with Gasteiger partial charge in [-0.1, -0.05) is 15.9 Å². The van der Waals surface area contributed by atoms with Crippen molar-refractivity contribution in [3.05, 3.63) is 0 Å². The van der Waals surface area contributed by atoms with Crippen LogP contribution in [0.1, 0.15) is 13.8 Å². The summed E-state index contributed by atoms with van der Waals surface area (Å²) in [4.78, 5) is 33.1. The first-order valence-corrected chi connectivity index (χ1v) is 5.17. The summed E-state index contributed by atoms with van der Waals surface area (Å²) in [7, 11) is 0. The molecule has 0 aromatic rings. The second-order valence-electron chi connectivity index (χ2n) is 2.49. The number of hydrogen-bond acceptors (Lipinski definition) is 4. The van der Waals surface area contributed by atoms with Crippen molar-refractivity contribution in [2.75, 3.05) is 11.9 Å². The van der Waals surface area contributed by atoms with E-state index in [4.69, 9.17) is 0 Å². The van der Waals surface area contributed by atoms with Gasteiger partial charge in [0, 0.05) is 6.92 Å². The average Bonchev–Trinajstić information content (AvgIpc) is 2.13. The molecule has 0 saturated heterocycles. The molecular weight excluding hydrogens is 254 g/mol. The molecule has 0 spiro atoms. The summed E-state index contributed by atoms with van der Waals surface area (Å²) in [6, 6.07) is -1.20. The van der Waals surface area contributed by atoms with Gasteiger partial charge in [0.1, 0.15) is 0 Å². The number of ether oxygens (including phenoxy) is 1. The van der Waals surface area contributed by atoms with Crippen molar-refractivity contribution in [1.29, 1.82) is 0 Å². The monoisotopic (exact) mass is 265 g/mol. The Bertz CT molecular complexity index is 241. The third kappa shape index (κ3) is 4.36. The maximum Gasteiger partial charge on any atom is 0.336 e. The molecular formula is C8H12BrNO4. The lowest BCUT2D eigenvalue weighted by Crippen LogP contribution is -2.47. The summed E-state index contributed by atoms with van der Waals surface area (Å²) in [5, 5.41) is 2.22. The number of hydrogen-bond donors (Lipinski definition) is 1. The van der Waals surface area contributed by atoms with Gasteiger partial charge in [0.25, 0.3) is 0 Å². The molecule has 1 amide bonds. The van der Waals surface area contributed by atoms with Crippen LogP contribution in [-0.4, -0.2) is 35.6 Å². The van der Waals surface area contributed by atoms with Crippen molar-refractivity contribution in [3.63, 3.8) is 0 Å². The molecule has 0 bridgehead atoms. The first kappa shape index (κ1) is 13.1. The fourth-order valence-electron chi connectivity index (χ4n) is 0.777. The van der Waals surface area contributed by atoms with E-state index in [-0.39, 0.29) is 11.9 Å². The van der Waals surface area contributed by atoms with Crippen molar-refractivity contribution in [3.8, 4) is 0 Å². The first-order valence-electron chi connectivity index (χ1n) is 4.05. The molecule has 0 aliphatic heterocycles. The van der Waals surface area contributed by atoms with Gasteiger partial charge in [0.2, 0.25) is 5.91 Å². The molecule has 0 rings (SSSR count). The van der Waals surface area contributed by atoms with Gasteiger partial charge in [-0.2, -0.15) is 0 Å². The molecule has 0 heterocycles. The van der Waals surface area contributed by atoms with Crippen LogP contribution in [0, 0.1) is 0 Å². The van der Waals surface area contributed by atoms with Crippen molar-refractivity contribution < 1.29 is 19.1 Å². The number of carbonyl (C=O) groups is 3. The van der Waals surface area contributed by atoms with E-state index in [1.54, 1.807) is 6.92 Å². The van der Waals surface area contributed by atoms with Crippen molar-refractivity contribution in [2.24, 2.45) is 0 Å². The summed E-state index contributed by atoms with van der Waals surface area (Å²) in [5.41, 5.74) is 0. The SMILES string of the molecule is CCOC(=O)[C@@H](NC(C)=O)C(=O)CBr. The quantitative estimate of drug-likeness (QED) is 0.432. The predicted molar refractivity (Wildman–Crippen MR) is 53.0 cm³/mol. The number of alkyl halides is 1. The lowest BCUT2D eigenvalue weighted by atomic mass is 10.2. The Labute approximate surface area is 90.3 Å². The lowest BCUT2D eigenvalue weighted by Gasteiger charge is -2.13. The summed E-state index contributed by atoms with van der Waals surface area (Å²) in [5.74, 6) is -1.61. The van der Waals surface area contributed by atoms with Gasteiger partial charge in [-0.3, -0.25) is 9.59 Å². The largest absolute Gasteiger partial charge is 0.464 e. The lowest BCUT2D eigenvalue weighted by molar-refractivity contribution is -0.149. The highest BCUT2D eigenvalue weighted by molar-refractivity contribution is 9.09. The van der Waals surface area contributed by atoms with E-state index in [2.05, 4.69) is 26.0 Å². The molecule has 5 nitrogen and oxygen atoms in total. The third-order valence-corrected chi connectivity index (χ3v) is 1.88. The van der Waals surface area contributed by atoms with Crippen LogP contribution in [0.5, 0.6) is 0 Å². The Hall–Kier alpha value is -0.910. The predicted octanol–water partition coefficient (Wildman–Crippen LogP) is 0.0182.